The number of likely N-dealkylation sites (tertiary alicyclic amines) is 1. The van der Waals surface area contributed by atoms with Gasteiger partial charge in [0.25, 0.3) is 0 Å². The molecule has 2 aliphatic rings. The molecular weight excluding hydrogens is 465 g/mol. The highest BCUT2D eigenvalue weighted by Gasteiger charge is 2.38. The van der Waals surface area contributed by atoms with Crippen LogP contribution in [0.1, 0.15) is 51.3 Å². The minimum atomic E-state index is -3.54. The molecule has 2 unspecified atom stereocenters. The molecule has 1 aromatic heterocycles. The Morgan fingerprint density at radius 3 is 2.59 bits per heavy atom. The van der Waals surface area contributed by atoms with Gasteiger partial charge in [0.1, 0.15) is 11.9 Å². The SMILES string of the molecule is CC(C)c1noc(N2CCC(N3CCCC(Nc4ccc(S(C)(=O)=O)cc4F)C3=O)CC2=O)n1. The maximum absolute atomic E-state index is 14.5. The van der Waals surface area contributed by atoms with Crippen LogP contribution in [-0.2, 0) is 19.4 Å². The summed E-state index contributed by atoms with van der Waals surface area (Å²) in [4.78, 5) is 33.3. The van der Waals surface area contributed by atoms with Crippen LogP contribution in [0.3, 0.4) is 0 Å². The summed E-state index contributed by atoms with van der Waals surface area (Å²) in [6, 6.07) is 2.82. The molecule has 0 bridgehead atoms. The average Bonchev–Trinajstić information content (AvgIpc) is 3.26. The van der Waals surface area contributed by atoms with Crippen LogP contribution in [0.4, 0.5) is 16.1 Å². The third kappa shape index (κ3) is 4.91. The van der Waals surface area contributed by atoms with E-state index in [2.05, 4.69) is 15.5 Å². The summed E-state index contributed by atoms with van der Waals surface area (Å²) in [6.45, 7) is 4.73. The van der Waals surface area contributed by atoms with Crippen LogP contribution in [0, 0.1) is 5.82 Å². The van der Waals surface area contributed by atoms with Crippen molar-refractivity contribution in [1.29, 1.82) is 0 Å². The van der Waals surface area contributed by atoms with Gasteiger partial charge in [-0.05, 0) is 37.5 Å². The molecular formula is C22H28FN5O5S. The van der Waals surface area contributed by atoms with E-state index in [9.17, 15) is 22.4 Å². The number of hydrogen-bond donors (Lipinski definition) is 1. The Morgan fingerprint density at radius 1 is 1.21 bits per heavy atom. The normalized spacial score (nSPS) is 21.9. The third-order valence-electron chi connectivity index (χ3n) is 6.19. The van der Waals surface area contributed by atoms with Crippen molar-refractivity contribution in [1.82, 2.24) is 15.0 Å². The lowest BCUT2D eigenvalue weighted by molar-refractivity contribution is -0.138. The van der Waals surface area contributed by atoms with E-state index in [0.29, 0.717) is 38.2 Å². The second-order valence-corrected chi connectivity index (χ2v) is 11.1. The lowest BCUT2D eigenvalue weighted by Crippen LogP contribution is -2.56. The number of hydrogen-bond acceptors (Lipinski definition) is 8. The first-order valence-corrected chi connectivity index (χ1v) is 13.1. The van der Waals surface area contributed by atoms with E-state index in [0.717, 1.165) is 12.3 Å². The topological polar surface area (TPSA) is 126 Å². The zero-order chi connectivity index (χ0) is 24.6. The predicted molar refractivity (Wildman–Crippen MR) is 122 cm³/mol. The summed E-state index contributed by atoms with van der Waals surface area (Å²) in [5.74, 6) is -0.532. The number of halogens is 1. The van der Waals surface area contributed by atoms with Crippen molar-refractivity contribution in [3.63, 3.8) is 0 Å². The van der Waals surface area contributed by atoms with Crippen molar-refractivity contribution < 1.29 is 26.9 Å². The Bertz CT molecular complexity index is 1200. The van der Waals surface area contributed by atoms with E-state index < -0.39 is 21.7 Å². The van der Waals surface area contributed by atoms with Crippen LogP contribution in [0.5, 0.6) is 0 Å². The van der Waals surface area contributed by atoms with E-state index >= 15 is 0 Å². The Labute approximate surface area is 197 Å². The van der Waals surface area contributed by atoms with Gasteiger partial charge < -0.3 is 14.7 Å². The summed E-state index contributed by atoms with van der Waals surface area (Å²) < 4.78 is 43.0. The first-order valence-electron chi connectivity index (χ1n) is 11.2. The number of carbonyl (C=O) groups excluding carboxylic acids is 2. The fraction of sp³-hybridized carbons (Fsp3) is 0.545. The van der Waals surface area contributed by atoms with Crippen LogP contribution < -0.4 is 10.2 Å². The Hall–Kier alpha value is -3.02. The van der Waals surface area contributed by atoms with Gasteiger partial charge in [0, 0.05) is 37.7 Å². The summed E-state index contributed by atoms with van der Waals surface area (Å²) >= 11 is 0. The molecule has 1 aromatic carbocycles. The molecule has 2 aromatic rings. The van der Waals surface area contributed by atoms with E-state index in [1.165, 1.54) is 17.0 Å². The van der Waals surface area contributed by atoms with Crippen molar-refractivity contribution in [2.75, 3.05) is 29.6 Å². The molecule has 2 aliphatic heterocycles. The highest BCUT2D eigenvalue weighted by molar-refractivity contribution is 7.90. The number of nitrogens with zero attached hydrogens (tertiary/aromatic N) is 4. The second-order valence-electron chi connectivity index (χ2n) is 9.07. The van der Waals surface area contributed by atoms with E-state index in [1.54, 1.807) is 4.90 Å². The Morgan fingerprint density at radius 2 is 1.97 bits per heavy atom. The van der Waals surface area contributed by atoms with Crippen molar-refractivity contribution in [2.24, 2.45) is 0 Å². The number of piperidine rings is 2. The van der Waals surface area contributed by atoms with Crippen molar-refractivity contribution in [2.45, 2.75) is 62.4 Å². The lowest BCUT2D eigenvalue weighted by Gasteiger charge is -2.41. The summed E-state index contributed by atoms with van der Waals surface area (Å²) in [5, 5.41) is 6.82. The fourth-order valence-electron chi connectivity index (χ4n) is 4.28. The van der Waals surface area contributed by atoms with Crippen molar-refractivity contribution in [3.8, 4) is 0 Å². The summed E-state index contributed by atoms with van der Waals surface area (Å²) in [7, 11) is -3.54. The van der Waals surface area contributed by atoms with Gasteiger partial charge in [-0.1, -0.05) is 19.0 Å². The molecule has 34 heavy (non-hydrogen) atoms. The third-order valence-corrected chi connectivity index (χ3v) is 7.30. The quantitative estimate of drug-likeness (QED) is 0.650. The molecule has 0 aliphatic carbocycles. The molecule has 0 spiro atoms. The van der Waals surface area contributed by atoms with E-state index in [4.69, 9.17) is 4.52 Å². The molecule has 2 amide bonds. The van der Waals surface area contributed by atoms with Crippen molar-refractivity contribution >= 4 is 33.4 Å². The maximum atomic E-state index is 14.5. The second kappa shape index (κ2) is 9.32. The number of carbonyl (C=O) groups is 2. The highest BCUT2D eigenvalue weighted by atomic mass is 32.2. The minimum Gasteiger partial charge on any atom is -0.371 e. The molecule has 3 heterocycles. The van der Waals surface area contributed by atoms with Gasteiger partial charge in [-0.2, -0.15) is 4.98 Å². The minimum absolute atomic E-state index is 0.0656. The molecule has 2 saturated heterocycles. The average molecular weight is 494 g/mol. The molecule has 2 atom stereocenters. The number of sulfone groups is 1. The standard InChI is InChI=1S/C22H28FN5O5S/c1-13(2)20-25-22(33-26-20)28-10-8-14(11-19(28)29)27-9-4-5-18(21(27)30)24-17-7-6-15(12-16(17)23)34(3,31)32/h6-7,12-14,18,24H,4-5,8-11H2,1-3H3. The number of nitrogens with one attached hydrogen (secondary N) is 1. The number of benzene rings is 1. The predicted octanol–water partition coefficient (Wildman–Crippen LogP) is 2.33. The molecule has 184 valence electrons. The molecule has 0 radical (unpaired) electrons. The Balaban J connectivity index is 1.42. The lowest BCUT2D eigenvalue weighted by atomic mass is 9.97. The molecule has 4 rings (SSSR count). The van der Waals surface area contributed by atoms with Gasteiger partial charge in [-0.15, -0.1) is 0 Å². The maximum Gasteiger partial charge on any atom is 0.330 e. The summed E-state index contributed by atoms with van der Waals surface area (Å²) in [5.41, 5.74) is 0.0656. The van der Waals surface area contributed by atoms with Gasteiger partial charge >= 0.3 is 6.01 Å². The zero-order valence-electron chi connectivity index (χ0n) is 19.3. The van der Waals surface area contributed by atoms with Gasteiger partial charge in [0.15, 0.2) is 15.7 Å². The first-order chi connectivity index (χ1) is 16.0. The number of amides is 2. The van der Waals surface area contributed by atoms with E-state index in [1.807, 2.05) is 13.8 Å². The molecule has 0 saturated carbocycles. The van der Waals surface area contributed by atoms with Crippen LogP contribution in [-0.4, -0.2) is 66.7 Å². The monoisotopic (exact) mass is 493 g/mol. The van der Waals surface area contributed by atoms with Crippen LogP contribution in [0.15, 0.2) is 27.6 Å². The molecule has 2 fully saturated rings. The number of aromatic nitrogens is 2. The number of rotatable bonds is 6. The smallest absolute Gasteiger partial charge is 0.330 e. The Kier molecular flexibility index (Phi) is 6.61. The summed E-state index contributed by atoms with van der Waals surface area (Å²) in [6.07, 6.45) is 2.90. The van der Waals surface area contributed by atoms with Gasteiger partial charge in [-0.25, -0.2) is 12.8 Å². The zero-order valence-corrected chi connectivity index (χ0v) is 20.1. The van der Waals surface area contributed by atoms with Crippen LogP contribution in [0.2, 0.25) is 0 Å². The molecule has 12 heteroatoms. The van der Waals surface area contributed by atoms with Crippen LogP contribution >= 0.6 is 0 Å². The van der Waals surface area contributed by atoms with Gasteiger partial charge in [-0.3, -0.25) is 14.5 Å². The van der Waals surface area contributed by atoms with Crippen molar-refractivity contribution in [3.05, 3.63) is 29.8 Å². The molecule has 10 nitrogen and oxygen atoms in total. The first kappa shape index (κ1) is 24.1. The highest BCUT2D eigenvalue weighted by Crippen LogP contribution is 2.28. The van der Waals surface area contributed by atoms with E-state index in [-0.39, 0.29) is 46.8 Å². The largest absolute Gasteiger partial charge is 0.371 e. The fourth-order valence-corrected chi connectivity index (χ4v) is 4.92. The molecule has 1 N–H and O–H groups in total. The number of anilines is 2. The van der Waals surface area contributed by atoms with Crippen LogP contribution in [0.25, 0.3) is 0 Å². The van der Waals surface area contributed by atoms with Gasteiger partial charge in [0.05, 0.1) is 10.6 Å². The van der Waals surface area contributed by atoms with Gasteiger partial charge in [0.2, 0.25) is 11.8 Å².